The van der Waals surface area contributed by atoms with Gasteiger partial charge in [-0.2, -0.15) is 0 Å². The summed E-state index contributed by atoms with van der Waals surface area (Å²) in [6.45, 7) is 6.87. The van der Waals surface area contributed by atoms with E-state index >= 15 is 0 Å². The highest BCUT2D eigenvalue weighted by Crippen LogP contribution is 2.66. The van der Waals surface area contributed by atoms with Crippen molar-refractivity contribution in [3.63, 3.8) is 0 Å². The molecule has 1 nitrogen and oxygen atoms in total. The molecule has 4 rings (SSSR count). The second kappa shape index (κ2) is 4.95. The third-order valence-electron chi connectivity index (χ3n) is 8.51. The maximum atomic E-state index is 12.1. The van der Waals surface area contributed by atoms with Crippen molar-refractivity contribution < 1.29 is 4.79 Å². The van der Waals surface area contributed by atoms with Gasteiger partial charge in [0.15, 0.2) is 0 Å². The van der Waals surface area contributed by atoms with E-state index in [4.69, 9.17) is 0 Å². The maximum Gasteiger partial charge on any atom is 0.133 e. The van der Waals surface area contributed by atoms with Crippen molar-refractivity contribution in [2.45, 2.75) is 78.6 Å². The van der Waals surface area contributed by atoms with Gasteiger partial charge in [0, 0.05) is 5.92 Å². The lowest BCUT2D eigenvalue weighted by Gasteiger charge is -2.57. The molecule has 0 aromatic carbocycles. The van der Waals surface area contributed by atoms with Crippen molar-refractivity contribution in [3.8, 4) is 0 Å². The summed E-state index contributed by atoms with van der Waals surface area (Å²) in [7, 11) is 0. The van der Waals surface area contributed by atoms with Crippen LogP contribution < -0.4 is 0 Å². The van der Waals surface area contributed by atoms with E-state index in [1.807, 2.05) is 6.92 Å². The molecule has 4 aliphatic carbocycles. The average Bonchev–Trinajstić information content (AvgIpc) is 2.84. The van der Waals surface area contributed by atoms with Gasteiger partial charge in [-0.25, -0.2) is 0 Å². The molecule has 1 heteroatoms. The molecule has 0 radical (unpaired) electrons. The standard InChI is InChI=1S/C21H32O/c1-14(22)17-9-10-18-16-8-7-15-6-4-5-12-20(15,2)19(16)11-13-21(17,18)3/h7,16-19H,4-6,8-13H2,1-3H3/t16?,17?,18?,19?,20-,21+/m0/s1. The number of Topliss-reactive ketones (excluding diaryl/α,β-unsaturated/α-hetero) is 1. The molecule has 0 bridgehead atoms. The largest absolute Gasteiger partial charge is 0.300 e. The van der Waals surface area contributed by atoms with Crippen LogP contribution >= 0.6 is 0 Å². The fraction of sp³-hybridized carbons (Fsp3) is 0.857. The first-order chi connectivity index (χ1) is 10.5. The summed E-state index contributed by atoms with van der Waals surface area (Å²) in [5.74, 6) is 3.37. The Kier molecular flexibility index (Phi) is 3.37. The van der Waals surface area contributed by atoms with Crippen LogP contribution in [0.15, 0.2) is 11.6 Å². The number of carbonyl (C=O) groups excluding carboxylic acids is 1. The Morgan fingerprint density at radius 2 is 1.91 bits per heavy atom. The summed E-state index contributed by atoms with van der Waals surface area (Å²) in [4.78, 5) is 12.1. The number of allylic oxidation sites excluding steroid dienone is 2. The van der Waals surface area contributed by atoms with Gasteiger partial charge in [0.05, 0.1) is 0 Å². The van der Waals surface area contributed by atoms with Gasteiger partial charge < -0.3 is 0 Å². The van der Waals surface area contributed by atoms with Gasteiger partial charge in [0.25, 0.3) is 0 Å². The van der Waals surface area contributed by atoms with Crippen LogP contribution in [0.2, 0.25) is 0 Å². The molecule has 4 aliphatic rings. The molecule has 6 atom stereocenters. The maximum absolute atomic E-state index is 12.1. The van der Waals surface area contributed by atoms with Gasteiger partial charge in [0.2, 0.25) is 0 Å². The molecular formula is C21H32O. The van der Waals surface area contributed by atoms with Crippen LogP contribution in [-0.4, -0.2) is 5.78 Å². The normalized spacial score (nSPS) is 50.6. The number of hydrogen-bond donors (Lipinski definition) is 0. The van der Waals surface area contributed by atoms with Gasteiger partial charge in [-0.05, 0) is 86.9 Å². The van der Waals surface area contributed by atoms with Crippen molar-refractivity contribution in [1.82, 2.24) is 0 Å². The second-order valence-corrected chi connectivity index (χ2v) is 9.25. The molecular weight excluding hydrogens is 268 g/mol. The zero-order valence-electron chi connectivity index (χ0n) is 14.7. The van der Waals surface area contributed by atoms with Gasteiger partial charge in [0.1, 0.15) is 5.78 Å². The predicted molar refractivity (Wildman–Crippen MR) is 90.5 cm³/mol. The Balaban J connectivity index is 1.68. The van der Waals surface area contributed by atoms with Crippen molar-refractivity contribution >= 4 is 5.78 Å². The lowest BCUT2D eigenvalue weighted by atomic mass is 9.47. The van der Waals surface area contributed by atoms with Crippen LogP contribution in [0, 0.1) is 34.5 Å². The summed E-state index contributed by atoms with van der Waals surface area (Å²) >= 11 is 0. The molecule has 0 amide bonds. The van der Waals surface area contributed by atoms with Crippen LogP contribution in [0.5, 0.6) is 0 Å². The van der Waals surface area contributed by atoms with Gasteiger partial charge in [-0.1, -0.05) is 31.9 Å². The highest BCUT2D eigenvalue weighted by atomic mass is 16.1. The minimum atomic E-state index is 0.309. The topological polar surface area (TPSA) is 17.1 Å². The van der Waals surface area contributed by atoms with E-state index in [2.05, 4.69) is 19.9 Å². The van der Waals surface area contributed by atoms with E-state index in [0.717, 1.165) is 24.2 Å². The fourth-order valence-corrected chi connectivity index (χ4v) is 7.37. The molecule has 122 valence electrons. The molecule has 0 heterocycles. The van der Waals surface area contributed by atoms with E-state index < -0.39 is 0 Å². The van der Waals surface area contributed by atoms with Crippen molar-refractivity contribution in [1.29, 1.82) is 0 Å². The Labute approximate surface area is 135 Å². The van der Waals surface area contributed by atoms with Crippen LogP contribution in [0.4, 0.5) is 0 Å². The number of fused-ring (bicyclic) bond motifs is 5. The number of ketones is 1. The van der Waals surface area contributed by atoms with Gasteiger partial charge >= 0.3 is 0 Å². The van der Waals surface area contributed by atoms with E-state index in [1.54, 1.807) is 5.57 Å². The smallest absolute Gasteiger partial charge is 0.133 e. The van der Waals surface area contributed by atoms with Gasteiger partial charge in [-0.15, -0.1) is 0 Å². The molecule has 0 saturated heterocycles. The van der Waals surface area contributed by atoms with Crippen LogP contribution in [-0.2, 0) is 4.79 Å². The third-order valence-corrected chi connectivity index (χ3v) is 8.51. The fourth-order valence-electron chi connectivity index (χ4n) is 7.37. The molecule has 0 aliphatic heterocycles. The molecule has 0 N–H and O–H groups in total. The third kappa shape index (κ3) is 1.86. The summed E-state index contributed by atoms with van der Waals surface area (Å²) < 4.78 is 0. The first-order valence-electron chi connectivity index (χ1n) is 9.67. The molecule has 4 unspecified atom stereocenters. The zero-order chi connectivity index (χ0) is 15.5. The van der Waals surface area contributed by atoms with E-state index in [1.165, 1.54) is 51.4 Å². The lowest BCUT2D eigenvalue weighted by molar-refractivity contribution is -0.127. The second-order valence-electron chi connectivity index (χ2n) is 9.25. The van der Waals surface area contributed by atoms with Crippen molar-refractivity contribution in [3.05, 3.63) is 11.6 Å². The Bertz CT molecular complexity index is 518. The predicted octanol–water partition coefficient (Wildman–Crippen LogP) is 5.54. The summed E-state index contributed by atoms with van der Waals surface area (Å²) in [5, 5.41) is 0. The molecule has 22 heavy (non-hydrogen) atoms. The Morgan fingerprint density at radius 3 is 2.68 bits per heavy atom. The van der Waals surface area contributed by atoms with Crippen LogP contribution in [0.25, 0.3) is 0 Å². The lowest BCUT2D eigenvalue weighted by Crippen LogP contribution is -2.50. The zero-order valence-corrected chi connectivity index (χ0v) is 14.7. The number of carbonyl (C=O) groups is 1. The number of hydrogen-bond acceptors (Lipinski definition) is 1. The Morgan fingerprint density at radius 1 is 1.09 bits per heavy atom. The number of rotatable bonds is 1. The monoisotopic (exact) mass is 300 g/mol. The Hall–Kier alpha value is -0.590. The summed E-state index contributed by atoms with van der Waals surface area (Å²) in [6.07, 6.45) is 14.7. The van der Waals surface area contributed by atoms with Crippen molar-refractivity contribution in [2.24, 2.45) is 34.5 Å². The first kappa shape index (κ1) is 15.0. The molecule has 3 fully saturated rings. The van der Waals surface area contributed by atoms with E-state index in [-0.39, 0.29) is 0 Å². The highest BCUT2D eigenvalue weighted by molar-refractivity contribution is 5.79. The summed E-state index contributed by atoms with van der Waals surface area (Å²) in [6, 6.07) is 0. The molecule has 3 saturated carbocycles. The van der Waals surface area contributed by atoms with E-state index in [9.17, 15) is 4.79 Å². The molecule has 0 spiro atoms. The average molecular weight is 300 g/mol. The van der Waals surface area contributed by atoms with Crippen LogP contribution in [0.1, 0.15) is 78.6 Å². The molecule has 0 aromatic rings. The van der Waals surface area contributed by atoms with Crippen molar-refractivity contribution in [2.75, 3.05) is 0 Å². The minimum absolute atomic E-state index is 0.309. The van der Waals surface area contributed by atoms with Gasteiger partial charge in [-0.3, -0.25) is 4.79 Å². The van der Waals surface area contributed by atoms with E-state index in [0.29, 0.717) is 22.5 Å². The molecule has 0 aromatic heterocycles. The minimum Gasteiger partial charge on any atom is -0.300 e. The quantitative estimate of drug-likeness (QED) is 0.581. The summed E-state index contributed by atoms with van der Waals surface area (Å²) in [5.41, 5.74) is 2.60. The first-order valence-corrected chi connectivity index (χ1v) is 9.67. The van der Waals surface area contributed by atoms with Crippen LogP contribution in [0.3, 0.4) is 0 Å². The SMILES string of the molecule is CC(=O)C1CCC2C3CC=C4CCCC[C@]4(C)C3CC[C@]12C. The highest BCUT2D eigenvalue weighted by Gasteiger charge is 2.58.